The number of aryl methyl sites for hydroxylation is 2. The lowest BCUT2D eigenvalue weighted by Gasteiger charge is -2.36. The van der Waals surface area contributed by atoms with Gasteiger partial charge in [-0.2, -0.15) is 0 Å². The highest BCUT2D eigenvalue weighted by Gasteiger charge is 2.21. The van der Waals surface area contributed by atoms with Crippen molar-refractivity contribution in [3.8, 4) is 0 Å². The average molecular weight is 421 g/mol. The molecular weight excluding hydrogens is 391 g/mol. The molecule has 1 aromatic carbocycles. The number of piperazine rings is 1. The van der Waals surface area contributed by atoms with Crippen LogP contribution in [0.2, 0.25) is 5.02 Å². The predicted octanol–water partition coefficient (Wildman–Crippen LogP) is 3.16. The van der Waals surface area contributed by atoms with Gasteiger partial charge in [0, 0.05) is 75.8 Å². The smallest absolute Gasteiger partial charge is 0.193 e. The third kappa shape index (κ3) is 5.93. The molecule has 3 rings (SSSR count). The molecule has 0 atom stereocenters. The summed E-state index contributed by atoms with van der Waals surface area (Å²) in [6, 6.07) is 4.86. The van der Waals surface area contributed by atoms with Crippen LogP contribution in [0, 0.1) is 12.7 Å². The molecule has 1 fully saturated rings. The number of hydrogen-bond donors (Lipinski definition) is 1. The molecule has 0 amide bonds. The van der Waals surface area contributed by atoms with Crippen molar-refractivity contribution in [2.45, 2.75) is 32.9 Å². The number of benzene rings is 1. The fraction of sp³-hybridized carbons (Fsp3) is 0.524. The number of aliphatic imine (C=N–C) groups is 1. The average Bonchev–Trinajstić information content (AvgIpc) is 3.13. The van der Waals surface area contributed by atoms with Crippen molar-refractivity contribution in [2.24, 2.45) is 4.99 Å². The van der Waals surface area contributed by atoms with E-state index in [2.05, 4.69) is 29.7 Å². The molecule has 0 saturated carbocycles. The second-order valence-electron chi connectivity index (χ2n) is 7.31. The summed E-state index contributed by atoms with van der Waals surface area (Å²) < 4.78 is 16.2. The van der Waals surface area contributed by atoms with Crippen LogP contribution < -0.4 is 5.32 Å². The van der Waals surface area contributed by atoms with Gasteiger partial charge in [0.05, 0.1) is 0 Å². The zero-order valence-electron chi connectivity index (χ0n) is 17.2. The van der Waals surface area contributed by atoms with E-state index in [4.69, 9.17) is 11.6 Å². The Kier molecular flexibility index (Phi) is 7.89. The summed E-state index contributed by atoms with van der Waals surface area (Å²) in [6.07, 6.45) is 6.03. The van der Waals surface area contributed by atoms with E-state index in [0.717, 1.165) is 63.9 Å². The lowest BCUT2D eigenvalue weighted by atomic mass is 10.2. The number of halogens is 2. The highest BCUT2D eigenvalue weighted by atomic mass is 35.5. The molecule has 0 spiro atoms. The number of unbranched alkanes of at least 4 members (excludes halogenated alkanes) is 1. The van der Waals surface area contributed by atoms with Crippen molar-refractivity contribution in [1.82, 2.24) is 24.7 Å². The number of rotatable bonds is 7. The molecule has 1 aliphatic heterocycles. The maximum atomic E-state index is 14.0. The van der Waals surface area contributed by atoms with E-state index in [9.17, 15) is 4.39 Å². The largest absolute Gasteiger partial charge is 0.356 e. The van der Waals surface area contributed by atoms with E-state index in [1.165, 1.54) is 6.07 Å². The lowest BCUT2D eigenvalue weighted by Crippen LogP contribution is -2.52. The maximum Gasteiger partial charge on any atom is 0.193 e. The van der Waals surface area contributed by atoms with Gasteiger partial charge in [0.1, 0.15) is 11.6 Å². The minimum Gasteiger partial charge on any atom is -0.356 e. The molecule has 1 N–H and O–H groups in total. The lowest BCUT2D eigenvalue weighted by molar-refractivity contribution is 0.171. The van der Waals surface area contributed by atoms with E-state index < -0.39 is 0 Å². The topological polar surface area (TPSA) is 48.7 Å². The van der Waals surface area contributed by atoms with E-state index in [1.54, 1.807) is 12.1 Å². The Labute approximate surface area is 177 Å². The van der Waals surface area contributed by atoms with Crippen molar-refractivity contribution in [3.05, 3.63) is 52.8 Å². The van der Waals surface area contributed by atoms with Crippen LogP contribution in [0.5, 0.6) is 0 Å². The predicted molar refractivity (Wildman–Crippen MR) is 116 cm³/mol. The second kappa shape index (κ2) is 10.6. The summed E-state index contributed by atoms with van der Waals surface area (Å²) in [7, 11) is 1.82. The molecule has 29 heavy (non-hydrogen) atoms. The molecule has 2 heterocycles. The summed E-state index contributed by atoms with van der Waals surface area (Å²) in [5, 5.41) is 3.96. The Morgan fingerprint density at radius 2 is 2.03 bits per heavy atom. The first kappa shape index (κ1) is 21.6. The van der Waals surface area contributed by atoms with Crippen molar-refractivity contribution in [3.63, 3.8) is 0 Å². The summed E-state index contributed by atoms with van der Waals surface area (Å²) >= 11 is 6.16. The minimum absolute atomic E-state index is 0.233. The number of hydrogen-bond acceptors (Lipinski definition) is 3. The van der Waals surface area contributed by atoms with E-state index >= 15 is 0 Å². The van der Waals surface area contributed by atoms with Gasteiger partial charge < -0.3 is 14.8 Å². The Hall–Kier alpha value is -2.12. The van der Waals surface area contributed by atoms with Crippen molar-refractivity contribution in [2.75, 3.05) is 39.8 Å². The Morgan fingerprint density at radius 3 is 2.69 bits per heavy atom. The quantitative estimate of drug-likeness (QED) is 0.424. The van der Waals surface area contributed by atoms with Crippen LogP contribution in [-0.4, -0.2) is 65.1 Å². The van der Waals surface area contributed by atoms with Gasteiger partial charge in [-0.15, -0.1) is 0 Å². The molecule has 0 radical (unpaired) electrons. The third-order valence-electron chi connectivity index (χ3n) is 5.36. The number of guanidine groups is 1. The molecule has 0 unspecified atom stereocenters. The van der Waals surface area contributed by atoms with Crippen molar-refractivity contribution >= 4 is 17.6 Å². The summed E-state index contributed by atoms with van der Waals surface area (Å²) in [4.78, 5) is 13.2. The standard InChI is InChI=1S/C21H30ClFN6/c1-17-25-9-11-28(17)10-4-3-8-26-21(24-2)29-14-12-27(13-15-29)16-18-19(22)6-5-7-20(18)23/h5-7,9,11H,3-4,8,10,12-16H2,1-2H3,(H,24,26). The van der Waals surface area contributed by atoms with Gasteiger partial charge in [0.2, 0.25) is 0 Å². The zero-order valence-corrected chi connectivity index (χ0v) is 18.0. The van der Waals surface area contributed by atoms with Crippen molar-refractivity contribution < 1.29 is 4.39 Å². The molecule has 158 valence electrons. The maximum absolute atomic E-state index is 14.0. The van der Waals surface area contributed by atoms with Gasteiger partial charge in [0.15, 0.2) is 5.96 Å². The number of nitrogens with zero attached hydrogens (tertiary/aromatic N) is 5. The first-order valence-electron chi connectivity index (χ1n) is 10.2. The normalized spacial score (nSPS) is 15.7. The van der Waals surface area contributed by atoms with E-state index in [0.29, 0.717) is 17.1 Å². The van der Waals surface area contributed by atoms with Crippen LogP contribution in [0.1, 0.15) is 24.2 Å². The fourth-order valence-electron chi connectivity index (χ4n) is 3.60. The molecule has 6 nitrogen and oxygen atoms in total. The molecule has 2 aromatic rings. The number of aromatic nitrogens is 2. The van der Waals surface area contributed by atoms with E-state index in [1.807, 2.05) is 26.4 Å². The van der Waals surface area contributed by atoms with Crippen LogP contribution in [-0.2, 0) is 13.1 Å². The molecular formula is C21H30ClFN6. The fourth-order valence-corrected chi connectivity index (χ4v) is 3.83. The number of nitrogens with one attached hydrogen (secondary N) is 1. The monoisotopic (exact) mass is 420 g/mol. The summed E-state index contributed by atoms with van der Waals surface area (Å²) in [5.41, 5.74) is 0.582. The molecule has 0 aliphatic carbocycles. The van der Waals surface area contributed by atoms with Crippen LogP contribution in [0.25, 0.3) is 0 Å². The first-order chi connectivity index (χ1) is 14.1. The Balaban J connectivity index is 1.39. The van der Waals surface area contributed by atoms with Gasteiger partial charge in [-0.3, -0.25) is 9.89 Å². The zero-order chi connectivity index (χ0) is 20.6. The Morgan fingerprint density at radius 1 is 1.24 bits per heavy atom. The van der Waals surface area contributed by atoms with E-state index in [-0.39, 0.29) is 5.82 Å². The van der Waals surface area contributed by atoms with Gasteiger partial charge >= 0.3 is 0 Å². The second-order valence-corrected chi connectivity index (χ2v) is 7.72. The highest BCUT2D eigenvalue weighted by Crippen LogP contribution is 2.21. The van der Waals surface area contributed by atoms with Crippen LogP contribution in [0.4, 0.5) is 4.39 Å². The van der Waals surface area contributed by atoms with Gasteiger partial charge in [-0.1, -0.05) is 17.7 Å². The third-order valence-corrected chi connectivity index (χ3v) is 5.71. The van der Waals surface area contributed by atoms with Crippen LogP contribution in [0.3, 0.4) is 0 Å². The molecule has 1 saturated heterocycles. The summed E-state index contributed by atoms with van der Waals surface area (Å²) in [6.45, 7) is 7.88. The molecule has 8 heteroatoms. The minimum atomic E-state index is -0.233. The molecule has 0 bridgehead atoms. The van der Waals surface area contributed by atoms with Gasteiger partial charge in [-0.05, 0) is 31.9 Å². The molecule has 1 aromatic heterocycles. The molecule has 1 aliphatic rings. The SMILES string of the molecule is CN=C(NCCCCn1ccnc1C)N1CCN(Cc2c(F)cccc2Cl)CC1. The first-order valence-corrected chi connectivity index (χ1v) is 10.5. The highest BCUT2D eigenvalue weighted by molar-refractivity contribution is 6.31. The summed E-state index contributed by atoms with van der Waals surface area (Å²) in [5.74, 6) is 1.76. The van der Waals surface area contributed by atoms with Gasteiger partial charge in [0.25, 0.3) is 0 Å². The van der Waals surface area contributed by atoms with Gasteiger partial charge in [-0.25, -0.2) is 9.37 Å². The van der Waals surface area contributed by atoms with Crippen LogP contribution >= 0.6 is 11.6 Å². The van der Waals surface area contributed by atoms with Crippen molar-refractivity contribution in [1.29, 1.82) is 0 Å². The van der Waals surface area contributed by atoms with Crippen LogP contribution in [0.15, 0.2) is 35.6 Å². The Bertz CT molecular complexity index is 793. The number of imidazole rings is 1.